The van der Waals surface area contributed by atoms with Crippen LogP contribution in [-0.2, 0) is 6.61 Å². The Kier molecular flexibility index (Phi) is 6.18. The molecule has 6 heteroatoms. The molecule has 2 rings (SSSR count). The first kappa shape index (κ1) is 16.3. The van der Waals surface area contributed by atoms with Crippen LogP contribution in [0.5, 0.6) is 5.75 Å². The molecule has 0 saturated heterocycles. The summed E-state index contributed by atoms with van der Waals surface area (Å²) in [6, 6.07) is 15.2. The number of benzene rings is 2. The van der Waals surface area contributed by atoms with Crippen LogP contribution >= 0.6 is 23.8 Å². The third kappa shape index (κ3) is 4.72. The minimum absolute atomic E-state index is 0.396. The third-order valence-corrected chi connectivity index (χ3v) is 3.52. The van der Waals surface area contributed by atoms with E-state index >= 15 is 0 Å². The molecule has 0 fully saturated rings. The van der Waals surface area contributed by atoms with E-state index in [2.05, 4.69) is 15.8 Å². The van der Waals surface area contributed by atoms with E-state index in [9.17, 15) is 0 Å². The lowest BCUT2D eigenvalue weighted by Crippen LogP contribution is -2.28. The minimum Gasteiger partial charge on any atom is -0.488 e. The number of ether oxygens (including phenoxy) is 1. The van der Waals surface area contributed by atoms with E-state index in [0.717, 1.165) is 16.9 Å². The van der Waals surface area contributed by atoms with Crippen molar-refractivity contribution >= 4 is 35.1 Å². The molecule has 114 valence electrons. The third-order valence-electron chi connectivity index (χ3n) is 2.86. The predicted molar refractivity (Wildman–Crippen MR) is 94.6 cm³/mol. The summed E-state index contributed by atoms with van der Waals surface area (Å²) in [5, 5.41) is 7.98. The van der Waals surface area contributed by atoms with Crippen molar-refractivity contribution in [1.29, 1.82) is 0 Å². The van der Waals surface area contributed by atoms with Crippen LogP contribution in [0.2, 0.25) is 5.02 Å². The number of hydrogen-bond acceptors (Lipinski definition) is 3. The standard InChI is InChI=1S/C16H16ClN3OS/c1-18-16(22)20-19-10-12-6-3-5-9-15(12)21-11-13-7-2-4-8-14(13)17/h2-10H,11H2,1H3,(H2,18,20,22)/b19-10-. The highest BCUT2D eigenvalue weighted by Gasteiger charge is 2.03. The maximum absolute atomic E-state index is 6.13. The summed E-state index contributed by atoms with van der Waals surface area (Å²) in [4.78, 5) is 0. The first-order valence-electron chi connectivity index (χ1n) is 6.66. The summed E-state index contributed by atoms with van der Waals surface area (Å²) in [5.74, 6) is 0.725. The Hall–Kier alpha value is -2.11. The van der Waals surface area contributed by atoms with Crippen LogP contribution in [0.4, 0.5) is 0 Å². The summed E-state index contributed by atoms with van der Waals surface area (Å²) >= 11 is 11.1. The van der Waals surface area contributed by atoms with Crippen LogP contribution in [0.25, 0.3) is 0 Å². The molecule has 0 unspecified atom stereocenters. The van der Waals surface area contributed by atoms with E-state index in [4.69, 9.17) is 28.6 Å². The van der Waals surface area contributed by atoms with Crippen molar-refractivity contribution in [3.05, 3.63) is 64.7 Å². The van der Waals surface area contributed by atoms with Gasteiger partial charge in [-0.25, -0.2) is 0 Å². The predicted octanol–water partition coefficient (Wildman–Crippen LogP) is 3.35. The SMILES string of the molecule is CNC(=S)N/N=C\c1ccccc1OCc1ccccc1Cl. The maximum Gasteiger partial charge on any atom is 0.186 e. The van der Waals surface area contributed by atoms with Gasteiger partial charge in [-0.1, -0.05) is 41.9 Å². The molecule has 0 radical (unpaired) electrons. The fraction of sp³-hybridized carbons (Fsp3) is 0.125. The molecule has 2 aromatic carbocycles. The monoisotopic (exact) mass is 333 g/mol. The molecule has 2 aromatic rings. The molecule has 0 amide bonds. The van der Waals surface area contributed by atoms with E-state index < -0.39 is 0 Å². The topological polar surface area (TPSA) is 45.7 Å². The molecule has 0 aromatic heterocycles. The molecular formula is C16H16ClN3OS. The number of rotatable bonds is 5. The smallest absolute Gasteiger partial charge is 0.186 e. The summed E-state index contributed by atoms with van der Waals surface area (Å²) in [5.41, 5.74) is 4.49. The van der Waals surface area contributed by atoms with Crippen LogP contribution in [-0.4, -0.2) is 18.4 Å². The number of nitrogens with one attached hydrogen (secondary N) is 2. The van der Waals surface area contributed by atoms with E-state index in [1.165, 1.54) is 0 Å². The summed E-state index contributed by atoms with van der Waals surface area (Å²) < 4.78 is 5.84. The van der Waals surface area contributed by atoms with Gasteiger partial charge in [-0.3, -0.25) is 5.43 Å². The molecule has 0 saturated carbocycles. The summed E-state index contributed by atoms with van der Waals surface area (Å²) in [7, 11) is 1.73. The fourth-order valence-corrected chi connectivity index (χ4v) is 1.95. The van der Waals surface area contributed by atoms with Gasteiger partial charge in [0.2, 0.25) is 0 Å². The second-order valence-corrected chi connectivity index (χ2v) is 5.18. The Balaban J connectivity index is 2.05. The van der Waals surface area contributed by atoms with Gasteiger partial charge in [0.05, 0.1) is 6.21 Å². The normalized spacial score (nSPS) is 10.5. The molecule has 0 heterocycles. The van der Waals surface area contributed by atoms with Crippen molar-refractivity contribution in [2.45, 2.75) is 6.61 Å². The Bertz CT molecular complexity index is 676. The quantitative estimate of drug-likeness (QED) is 0.500. The van der Waals surface area contributed by atoms with Gasteiger partial charge in [0, 0.05) is 23.2 Å². The van der Waals surface area contributed by atoms with Gasteiger partial charge >= 0.3 is 0 Å². The van der Waals surface area contributed by atoms with Gasteiger partial charge in [0.25, 0.3) is 0 Å². The van der Waals surface area contributed by atoms with E-state index in [-0.39, 0.29) is 0 Å². The largest absolute Gasteiger partial charge is 0.488 e. The van der Waals surface area contributed by atoms with E-state index in [1.54, 1.807) is 13.3 Å². The van der Waals surface area contributed by atoms with E-state index in [1.807, 2.05) is 48.5 Å². The van der Waals surface area contributed by atoms with Crippen molar-refractivity contribution in [3.8, 4) is 5.75 Å². The highest BCUT2D eigenvalue weighted by molar-refractivity contribution is 7.80. The molecular weight excluding hydrogens is 318 g/mol. The van der Waals surface area contributed by atoms with E-state index in [0.29, 0.717) is 16.7 Å². The lowest BCUT2D eigenvalue weighted by molar-refractivity contribution is 0.306. The van der Waals surface area contributed by atoms with Crippen molar-refractivity contribution in [1.82, 2.24) is 10.7 Å². The number of hydrazone groups is 1. The van der Waals surface area contributed by atoms with Gasteiger partial charge in [0.1, 0.15) is 12.4 Å². The van der Waals surface area contributed by atoms with Crippen molar-refractivity contribution in [2.75, 3.05) is 7.05 Å². The zero-order chi connectivity index (χ0) is 15.8. The number of para-hydroxylation sites is 1. The van der Waals surface area contributed by atoms with Crippen molar-refractivity contribution in [2.24, 2.45) is 5.10 Å². The zero-order valence-corrected chi connectivity index (χ0v) is 13.6. The molecule has 0 aliphatic carbocycles. The first-order valence-corrected chi connectivity index (χ1v) is 7.45. The number of nitrogens with zero attached hydrogens (tertiary/aromatic N) is 1. The van der Waals surface area contributed by atoms with Gasteiger partial charge in [-0.15, -0.1) is 0 Å². The van der Waals surface area contributed by atoms with Crippen LogP contribution in [0, 0.1) is 0 Å². The number of halogens is 1. The maximum atomic E-state index is 6.13. The summed E-state index contributed by atoms with van der Waals surface area (Å²) in [6.07, 6.45) is 1.66. The molecule has 4 nitrogen and oxygen atoms in total. The first-order chi connectivity index (χ1) is 10.7. The van der Waals surface area contributed by atoms with Gasteiger partial charge in [-0.2, -0.15) is 5.10 Å². The lowest BCUT2D eigenvalue weighted by Gasteiger charge is -2.10. The Morgan fingerprint density at radius 2 is 1.95 bits per heavy atom. The molecule has 0 spiro atoms. The molecule has 0 bridgehead atoms. The molecule has 0 atom stereocenters. The zero-order valence-electron chi connectivity index (χ0n) is 12.0. The average Bonchev–Trinajstić information content (AvgIpc) is 2.55. The fourth-order valence-electron chi connectivity index (χ4n) is 1.71. The highest BCUT2D eigenvalue weighted by Crippen LogP contribution is 2.20. The Morgan fingerprint density at radius 3 is 2.73 bits per heavy atom. The van der Waals surface area contributed by atoms with Gasteiger partial charge in [0.15, 0.2) is 5.11 Å². The van der Waals surface area contributed by atoms with Crippen LogP contribution in [0.15, 0.2) is 53.6 Å². The van der Waals surface area contributed by atoms with Gasteiger partial charge < -0.3 is 10.1 Å². The average molecular weight is 334 g/mol. The number of thiocarbonyl (C=S) groups is 1. The summed E-state index contributed by atoms with van der Waals surface area (Å²) in [6.45, 7) is 0.396. The van der Waals surface area contributed by atoms with Crippen LogP contribution in [0.1, 0.15) is 11.1 Å². The second-order valence-electron chi connectivity index (χ2n) is 4.37. The Morgan fingerprint density at radius 1 is 1.23 bits per heavy atom. The minimum atomic E-state index is 0.396. The van der Waals surface area contributed by atoms with Crippen LogP contribution < -0.4 is 15.5 Å². The number of hydrogen-bond donors (Lipinski definition) is 2. The van der Waals surface area contributed by atoms with Crippen LogP contribution in [0.3, 0.4) is 0 Å². The second kappa shape index (κ2) is 8.36. The molecule has 2 N–H and O–H groups in total. The molecule has 22 heavy (non-hydrogen) atoms. The van der Waals surface area contributed by atoms with Crippen molar-refractivity contribution < 1.29 is 4.74 Å². The molecule has 0 aliphatic rings. The van der Waals surface area contributed by atoms with Crippen molar-refractivity contribution in [3.63, 3.8) is 0 Å². The molecule has 0 aliphatic heterocycles. The lowest BCUT2D eigenvalue weighted by atomic mass is 10.2. The highest BCUT2D eigenvalue weighted by atomic mass is 35.5. The Labute approximate surface area is 140 Å². The van der Waals surface area contributed by atoms with Gasteiger partial charge in [-0.05, 0) is 30.4 Å².